The molecule has 0 bridgehead atoms. The van der Waals surface area contributed by atoms with E-state index in [0.29, 0.717) is 22.6 Å². The van der Waals surface area contributed by atoms with Crippen molar-refractivity contribution >= 4 is 21.5 Å². The third-order valence-electron chi connectivity index (χ3n) is 4.10. The number of nitrogens with one attached hydrogen (secondary N) is 2. The summed E-state index contributed by atoms with van der Waals surface area (Å²) in [5.41, 5.74) is 3.03. The highest BCUT2D eigenvalue weighted by Gasteiger charge is 2.20. The van der Waals surface area contributed by atoms with Crippen LogP contribution in [0, 0.1) is 13.8 Å². The lowest BCUT2D eigenvalue weighted by Gasteiger charge is -2.06. The largest absolute Gasteiger partial charge is 0.508 e. The number of anilines is 1. The van der Waals surface area contributed by atoms with Crippen LogP contribution in [0.25, 0.3) is 0 Å². The van der Waals surface area contributed by atoms with E-state index >= 15 is 0 Å². The molecule has 138 valence electrons. The average molecular weight is 381 g/mol. The molecule has 0 amide bonds. The fraction of sp³-hybridized carbons (Fsp3) is 0.0952. The second-order valence-corrected chi connectivity index (χ2v) is 7.97. The first-order valence-corrected chi connectivity index (χ1v) is 9.92. The van der Waals surface area contributed by atoms with E-state index in [1.54, 1.807) is 49.4 Å². The molecule has 0 unspecified atom stereocenters. The average Bonchev–Trinajstić information content (AvgIpc) is 2.65. The van der Waals surface area contributed by atoms with E-state index in [0.717, 1.165) is 5.56 Å². The Morgan fingerprint density at radius 3 is 2.22 bits per heavy atom. The molecule has 0 spiro atoms. The Bertz CT molecular complexity index is 1070. The molecule has 3 N–H and O–H groups in total. The minimum atomic E-state index is -3.76. The zero-order valence-corrected chi connectivity index (χ0v) is 15.9. The fourth-order valence-corrected chi connectivity index (χ4v) is 3.60. The molecule has 3 aromatic carbocycles. The number of hydrogen-bond acceptors (Lipinski definition) is 3. The van der Waals surface area contributed by atoms with Crippen LogP contribution in [0.5, 0.6) is 5.75 Å². The highest BCUT2D eigenvalue weighted by Crippen LogP contribution is 2.20. The Morgan fingerprint density at radius 2 is 1.59 bits per heavy atom. The Hall–Kier alpha value is -3.12. The number of sulfonamides is 1. The molecule has 0 fully saturated rings. The Morgan fingerprint density at radius 1 is 0.926 bits per heavy atom. The number of phenolic OH excluding ortho intramolecular Hbond substituents is 1. The molecule has 0 saturated heterocycles. The van der Waals surface area contributed by atoms with Gasteiger partial charge in [-0.3, -0.25) is 0 Å². The van der Waals surface area contributed by atoms with Gasteiger partial charge in [-0.25, -0.2) is 5.32 Å². The lowest BCUT2D eigenvalue weighted by atomic mass is 10.1. The number of hydrogen-bond donors (Lipinski definition) is 3. The Kier molecular flexibility index (Phi) is 5.28. The molecule has 0 saturated carbocycles. The van der Waals surface area contributed by atoms with Gasteiger partial charge in [0.25, 0.3) is 5.84 Å². The van der Waals surface area contributed by atoms with Crippen LogP contribution in [0.15, 0.2) is 77.7 Å². The maximum atomic E-state index is 12.8. The summed E-state index contributed by atoms with van der Waals surface area (Å²) < 4.78 is 28.3. The molecule has 3 aromatic rings. The second-order valence-electron chi connectivity index (χ2n) is 6.29. The van der Waals surface area contributed by atoms with Crippen molar-refractivity contribution < 1.29 is 17.9 Å². The van der Waals surface area contributed by atoms with E-state index in [9.17, 15) is 13.5 Å². The first kappa shape index (κ1) is 18.7. The lowest BCUT2D eigenvalue weighted by Crippen LogP contribution is -2.78. The van der Waals surface area contributed by atoms with Crippen LogP contribution in [0.2, 0.25) is 0 Å². The smallest absolute Gasteiger partial charge is 0.328 e. The van der Waals surface area contributed by atoms with Crippen LogP contribution < -0.4 is 9.71 Å². The van der Waals surface area contributed by atoms with Crippen LogP contribution in [-0.4, -0.2) is 19.4 Å². The van der Waals surface area contributed by atoms with Crippen molar-refractivity contribution in [2.75, 3.05) is 5.32 Å². The predicted molar refractivity (Wildman–Crippen MR) is 106 cm³/mol. The molecule has 0 aliphatic carbocycles. The maximum absolute atomic E-state index is 12.8. The molecule has 3 rings (SSSR count). The number of rotatable bonds is 4. The van der Waals surface area contributed by atoms with Gasteiger partial charge < -0.3 is 5.11 Å². The molecular weight excluding hydrogens is 360 g/mol. The van der Waals surface area contributed by atoms with Crippen LogP contribution in [0.4, 0.5) is 5.69 Å². The minimum absolute atomic E-state index is 0.182. The molecule has 0 radical (unpaired) electrons. The van der Waals surface area contributed by atoms with Crippen LogP contribution in [0.1, 0.15) is 16.7 Å². The van der Waals surface area contributed by atoms with Gasteiger partial charge in [0.05, 0.1) is 5.56 Å². The van der Waals surface area contributed by atoms with E-state index in [1.807, 2.05) is 37.3 Å². The van der Waals surface area contributed by atoms with Gasteiger partial charge in [-0.2, -0.15) is 12.8 Å². The molecule has 0 heterocycles. The molecule has 0 aliphatic heterocycles. The Balaban J connectivity index is 2.05. The monoisotopic (exact) mass is 381 g/mol. The van der Waals surface area contributed by atoms with Crippen molar-refractivity contribution in [3.05, 3.63) is 89.5 Å². The molecule has 6 heteroatoms. The molecule has 27 heavy (non-hydrogen) atoms. The summed E-state index contributed by atoms with van der Waals surface area (Å²) in [6, 6.07) is 20.8. The van der Waals surface area contributed by atoms with E-state index in [2.05, 4.69) is 9.71 Å². The normalized spacial score (nSPS) is 12.0. The molecular formula is C21H21N2O3S+. The first-order chi connectivity index (χ1) is 12.8. The van der Waals surface area contributed by atoms with Crippen LogP contribution >= 0.6 is 0 Å². The standard InChI is InChI=1S/C21H20N2O3S/c1-15-8-11-19(12-9-15)27(25,26)23-21(17-6-4-3-5-7-17)22-18-10-13-20(24)16(2)14-18/h3-14,24H,1-2H3,(H,22,23)/p+1. The first-order valence-electron chi connectivity index (χ1n) is 8.44. The highest BCUT2D eigenvalue weighted by atomic mass is 32.2. The van der Waals surface area contributed by atoms with Gasteiger partial charge in [-0.1, -0.05) is 35.9 Å². The SMILES string of the molecule is Cc1ccc(S(=O)(=O)[NH+]=C(Nc2ccc(O)c(C)c2)c2ccccc2)cc1. The van der Waals surface area contributed by atoms with E-state index in [1.165, 1.54) is 0 Å². The number of aryl methyl sites for hydroxylation is 2. The number of aromatic hydroxyl groups is 1. The zero-order chi connectivity index (χ0) is 19.4. The molecule has 5 nitrogen and oxygen atoms in total. The van der Waals surface area contributed by atoms with Gasteiger partial charge in [0, 0.05) is 0 Å². The van der Waals surface area contributed by atoms with Gasteiger partial charge in [0.15, 0.2) is 0 Å². The van der Waals surface area contributed by atoms with E-state index < -0.39 is 10.0 Å². The van der Waals surface area contributed by atoms with Gasteiger partial charge in [0.2, 0.25) is 0 Å². The van der Waals surface area contributed by atoms with Gasteiger partial charge in [-0.05, 0) is 61.9 Å². The summed E-state index contributed by atoms with van der Waals surface area (Å²) in [5, 5.41) is 12.8. The lowest BCUT2D eigenvalue weighted by molar-refractivity contribution is -0.266. The summed E-state index contributed by atoms with van der Waals surface area (Å²) in [4.78, 5) is 0.185. The summed E-state index contributed by atoms with van der Waals surface area (Å²) >= 11 is 0. The van der Waals surface area contributed by atoms with Gasteiger partial charge in [0.1, 0.15) is 16.3 Å². The van der Waals surface area contributed by atoms with Gasteiger partial charge >= 0.3 is 10.0 Å². The topological polar surface area (TPSA) is 80.4 Å². The molecule has 0 atom stereocenters. The van der Waals surface area contributed by atoms with Crippen molar-refractivity contribution in [2.45, 2.75) is 18.7 Å². The van der Waals surface area contributed by atoms with Crippen molar-refractivity contribution in [3.63, 3.8) is 0 Å². The van der Waals surface area contributed by atoms with Gasteiger partial charge in [-0.15, -0.1) is 0 Å². The predicted octanol–water partition coefficient (Wildman–Crippen LogP) is 2.34. The third kappa shape index (κ3) is 4.54. The number of benzene rings is 3. The third-order valence-corrected chi connectivity index (χ3v) is 5.46. The zero-order valence-electron chi connectivity index (χ0n) is 15.1. The van der Waals surface area contributed by atoms with E-state index in [-0.39, 0.29) is 10.6 Å². The summed E-state index contributed by atoms with van der Waals surface area (Å²) in [6.07, 6.45) is 0. The Labute approximate surface area is 159 Å². The summed E-state index contributed by atoms with van der Waals surface area (Å²) in [7, 11) is -3.76. The van der Waals surface area contributed by atoms with Crippen LogP contribution in [0.3, 0.4) is 0 Å². The molecule has 0 aliphatic rings. The number of amidine groups is 1. The molecule has 0 aromatic heterocycles. The number of phenols is 1. The second kappa shape index (κ2) is 7.63. The summed E-state index contributed by atoms with van der Waals surface area (Å²) in [6.45, 7) is 3.68. The van der Waals surface area contributed by atoms with Crippen molar-refractivity contribution in [1.82, 2.24) is 0 Å². The van der Waals surface area contributed by atoms with Crippen LogP contribution in [-0.2, 0) is 10.0 Å². The highest BCUT2D eigenvalue weighted by molar-refractivity contribution is 7.84. The quantitative estimate of drug-likeness (QED) is 0.368. The van der Waals surface area contributed by atoms with Crippen molar-refractivity contribution in [1.29, 1.82) is 0 Å². The van der Waals surface area contributed by atoms with Crippen molar-refractivity contribution in [2.24, 2.45) is 0 Å². The summed E-state index contributed by atoms with van der Waals surface area (Å²) in [5.74, 6) is 0.517. The minimum Gasteiger partial charge on any atom is -0.508 e. The van der Waals surface area contributed by atoms with Crippen molar-refractivity contribution in [3.8, 4) is 5.75 Å². The van der Waals surface area contributed by atoms with E-state index in [4.69, 9.17) is 0 Å². The fourth-order valence-electron chi connectivity index (χ4n) is 2.55. The maximum Gasteiger partial charge on any atom is 0.328 e.